The summed E-state index contributed by atoms with van der Waals surface area (Å²) in [5.74, 6) is 0. The number of hydrogen-bond donors (Lipinski definition) is 1. The molecule has 120 valence electrons. The molecule has 0 unspecified atom stereocenters. The van der Waals surface area contributed by atoms with E-state index in [0.29, 0.717) is 44.8 Å². The number of nitrogens with two attached hydrogens (primary N) is 1. The minimum Gasteiger partial charge on any atom is -0.380 e. The predicted octanol–water partition coefficient (Wildman–Crippen LogP) is 3.07. The van der Waals surface area contributed by atoms with E-state index >= 15 is 0 Å². The van der Waals surface area contributed by atoms with Gasteiger partial charge >= 0.3 is 6.18 Å². The van der Waals surface area contributed by atoms with Crippen LogP contribution in [0.25, 0.3) is 0 Å². The monoisotopic (exact) mass is 304 g/mol. The summed E-state index contributed by atoms with van der Waals surface area (Å²) < 4.78 is 45.0. The Morgan fingerprint density at radius 2 is 1.95 bits per heavy atom. The van der Waals surface area contributed by atoms with Crippen molar-refractivity contribution in [1.29, 1.82) is 0 Å². The third-order valence-corrected chi connectivity index (χ3v) is 3.23. The number of anilines is 1. The van der Waals surface area contributed by atoms with Gasteiger partial charge in [0.15, 0.2) is 0 Å². The average molecular weight is 304 g/mol. The first-order valence-corrected chi connectivity index (χ1v) is 7.16. The Kier molecular flexibility index (Phi) is 6.98. The standard InChI is InChI=1S/C15H23F3N2O/c1-3-20(9-10-21-4-2)14-6-5-12(7-8-19)11-13(14)15(16,17)18/h5-6,11H,3-4,7-10,19H2,1-2H3. The van der Waals surface area contributed by atoms with Crippen LogP contribution in [-0.4, -0.2) is 32.8 Å². The molecular weight excluding hydrogens is 281 g/mol. The maximum atomic E-state index is 13.3. The number of hydrogen-bond acceptors (Lipinski definition) is 3. The molecule has 0 amide bonds. The van der Waals surface area contributed by atoms with Crippen LogP contribution in [0.1, 0.15) is 25.0 Å². The largest absolute Gasteiger partial charge is 0.418 e. The Morgan fingerprint density at radius 3 is 2.48 bits per heavy atom. The van der Waals surface area contributed by atoms with Gasteiger partial charge in [0.05, 0.1) is 12.2 Å². The molecule has 0 atom stereocenters. The molecule has 1 rings (SSSR count). The van der Waals surface area contributed by atoms with E-state index in [4.69, 9.17) is 10.5 Å². The van der Waals surface area contributed by atoms with Crippen LogP contribution in [0.15, 0.2) is 18.2 Å². The van der Waals surface area contributed by atoms with Crippen molar-refractivity contribution in [3.05, 3.63) is 29.3 Å². The minimum absolute atomic E-state index is 0.200. The molecule has 0 saturated heterocycles. The Hall–Kier alpha value is -1.27. The van der Waals surface area contributed by atoms with Crippen molar-refractivity contribution in [2.24, 2.45) is 5.73 Å². The van der Waals surface area contributed by atoms with Gasteiger partial charge in [-0.05, 0) is 44.5 Å². The van der Waals surface area contributed by atoms with Crippen molar-refractivity contribution in [1.82, 2.24) is 0 Å². The van der Waals surface area contributed by atoms with Crippen molar-refractivity contribution in [2.75, 3.05) is 37.7 Å². The summed E-state index contributed by atoms with van der Waals surface area (Å²) in [5.41, 5.74) is 5.62. The molecule has 3 nitrogen and oxygen atoms in total. The zero-order valence-electron chi connectivity index (χ0n) is 12.5. The van der Waals surface area contributed by atoms with Gasteiger partial charge in [-0.1, -0.05) is 6.07 Å². The molecule has 21 heavy (non-hydrogen) atoms. The molecule has 0 bridgehead atoms. The van der Waals surface area contributed by atoms with Gasteiger partial charge in [0.1, 0.15) is 0 Å². The summed E-state index contributed by atoms with van der Waals surface area (Å²) >= 11 is 0. The van der Waals surface area contributed by atoms with Gasteiger partial charge in [0.2, 0.25) is 0 Å². The molecule has 0 aromatic heterocycles. The van der Waals surface area contributed by atoms with E-state index in [1.54, 1.807) is 11.0 Å². The second kappa shape index (κ2) is 8.24. The Bertz CT molecular complexity index is 435. The number of likely N-dealkylation sites (N-methyl/N-ethyl adjacent to an activating group) is 1. The van der Waals surface area contributed by atoms with E-state index in [9.17, 15) is 13.2 Å². The van der Waals surface area contributed by atoms with Crippen molar-refractivity contribution < 1.29 is 17.9 Å². The van der Waals surface area contributed by atoms with Crippen LogP contribution in [0.4, 0.5) is 18.9 Å². The molecule has 2 N–H and O–H groups in total. The van der Waals surface area contributed by atoms with Crippen molar-refractivity contribution >= 4 is 5.69 Å². The molecule has 0 aliphatic heterocycles. The molecule has 0 radical (unpaired) electrons. The topological polar surface area (TPSA) is 38.5 Å². The van der Waals surface area contributed by atoms with Crippen LogP contribution in [-0.2, 0) is 17.3 Å². The molecular formula is C15H23F3N2O. The Morgan fingerprint density at radius 1 is 1.24 bits per heavy atom. The normalized spacial score (nSPS) is 11.7. The van der Waals surface area contributed by atoms with Gasteiger partial charge in [0, 0.05) is 25.4 Å². The summed E-state index contributed by atoms with van der Waals surface area (Å²) in [6.45, 7) is 5.92. The van der Waals surface area contributed by atoms with E-state index < -0.39 is 11.7 Å². The third-order valence-electron chi connectivity index (χ3n) is 3.23. The predicted molar refractivity (Wildman–Crippen MR) is 78.6 cm³/mol. The first-order chi connectivity index (χ1) is 9.93. The van der Waals surface area contributed by atoms with E-state index in [2.05, 4.69) is 0 Å². The number of rotatable bonds is 8. The summed E-state index contributed by atoms with van der Waals surface area (Å²) in [5, 5.41) is 0. The Labute approximate surface area is 123 Å². The maximum absolute atomic E-state index is 13.3. The van der Waals surface area contributed by atoms with E-state index in [-0.39, 0.29) is 5.69 Å². The number of benzene rings is 1. The Balaban J connectivity index is 3.07. The van der Waals surface area contributed by atoms with Crippen LogP contribution in [0, 0.1) is 0 Å². The summed E-state index contributed by atoms with van der Waals surface area (Å²) in [4.78, 5) is 1.69. The fourth-order valence-corrected chi connectivity index (χ4v) is 2.18. The highest BCUT2D eigenvalue weighted by Crippen LogP contribution is 2.37. The third kappa shape index (κ3) is 5.21. The number of alkyl halides is 3. The quantitative estimate of drug-likeness (QED) is 0.750. The lowest BCUT2D eigenvalue weighted by Gasteiger charge is -2.27. The molecule has 0 aliphatic rings. The lowest BCUT2D eigenvalue weighted by atomic mass is 10.0. The van der Waals surface area contributed by atoms with E-state index in [0.717, 1.165) is 0 Å². The van der Waals surface area contributed by atoms with Crippen LogP contribution in [0.5, 0.6) is 0 Å². The first-order valence-electron chi connectivity index (χ1n) is 7.16. The molecule has 6 heteroatoms. The fraction of sp³-hybridized carbons (Fsp3) is 0.600. The zero-order chi connectivity index (χ0) is 15.9. The summed E-state index contributed by atoms with van der Waals surface area (Å²) in [7, 11) is 0. The van der Waals surface area contributed by atoms with Crippen LogP contribution in [0.2, 0.25) is 0 Å². The van der Waals surface area contributed by atoms with Crippen LogP contribution >= 0.6 is 0 Å². The molecule has 0 fully saturated rings. The second-order valence-corrected chi connectivity index (χ2v) is 4.66. The van der Waals surface area contributed by atoms with Gasteiger partial charge in [0.25, 0.3) is 0 Å². The molecule has 0 saturated carbocycles. The van der Waals surface area contributed by atoms with E-state index in [1.165, 1.54) is 12.1 Å². The molecule has 0 heterocycles. The lowest BCUT2D eigenvalue weighted by Crippen LogP contribution is -2.29. The van der Waals surface area contributed by atoms with E-state index in [1.807, 2.05) is 13.8 Å². The van der Waals surface area contributed by atoms with Crippen LogP contribution < -0.4 is 10.6 Å². The smallest absolute Gasteiger partial charge is 0.380 e. The lowest BCUT2D eigenvalue weighted by molar-refractivity contribution is -0.137. The molecule has 0 spiro atoms. The fourth-order valence-electron chi connectivity index (χ4n) is 2.18. The molecule has 1 aromatic carbocycles. The highest BCUT2D eigenvalue weighted by Gasteiger charge is 2.34. The van der Waals surface area contributed by atoms with Gasteiger partial charge in [-0.25, -0.2) is 0 Å². The van der Waals surface area contributed by atoms with Crippen LogP contribution in [0.3, 0.4) is 0 Å². The number of halogens is 3. The molecule has 0 aliphatic carbocycles. The van der Waals surface area contributed by atoms with Gasteiger partial charge < -0.3 is 15.4 Å². The van der Waals surface area contributed by atoms with Crippen molar-refractivity contribution in [3.63, 3.8) is 0 Å². The van der Waals surface area contributed by atoms with Crippen molar-refractivity contribution in [3.8, 4) is 0 Å². The second-order valence-electron chi connectivity index (χ2n) is 4.66. The number of nitrogens with zero attached hydrogens (tertiary/aromatic N) is 1. The average Bonchev–Trinajstić information content (AvgIpc) is 2.43. The highest BCUT2D eigenvalue weighted by molar-refractivity contribution is 5.56. The maximum Gasteiger partial charge on any atom is 0.418 e. The molecule has 1 aromatic rings. The van der Waals surface area contributed by atoms with Gasteiger partial charge in [-0.3, -0.25) is 0 Å². The summed E-state index contributed by atoms with van der Waals surface area (Å²) in [6.07, 6.45) is -3.94. The van der Waals surface area contributed by atoms with Gasteiger partial charge in [-0.2, -0.15) is 13.2 Å². The SMILES string of the molecule is CCOCCN(CC)c1ccc(CCN)cc1C(F)(F)F. The van der Waals surface area contributed by atoms with Crippen molar-refractivity contribution in [2.45, 2.75) is 26.4 Å². The minimum atomic E-state index is -4.38. The zero-order valence-corrected chi connectivity index (χ0v) is 12.5. The van der Waals surface area contributed by atoms with Gasteiger partial charge in [-0.15, -0.1) is 0 Å². The first kappa shape index (κ1) is 17.8. The summed E-state index contributed by atoms with van der Waals surface area (Å²) in [6, 6.07) is 4.44. The highest BCUT2D eigenvalue weighted by atomic mass is 19.4. The number of ether oxygens (including phenoxy) is 1.